The zero-order chi connectivity index (χ0) is 7.40. The van der Waals surface area contributed by atoms with E-state index in [9.17, 15) is 0 Å². The Bertz CT molecular complexity index is 152. The lowest BCUT2D eigenvalue weighted by molar-refractivity contribution is 0.862. The summed E-state index contributed by atoms with van der Waals surface area (Å²) in [4.78, 5) is 0. The second-order valence-corrected chi connectivity index (χ2v) is 2.87. The van der Waals surface area contributed by atoms with Gasteiger partial charge in [0.2, 0.25) is 0 Å². The van der Waals surface area contributed by atoms with Crippen molar-refractivity contribution in [1.82, 2.24) is 0 Å². The van der Waals surface area contributed by atoms with Gasteiger partial charge in [-0.05, 0) is 38.2 Å². The van der Waals surface area contributed by atoms with Crippen molar-refractivity contribution in [2.45, 2.75) is 26.2 Å². The monoisotopic (exact) mass is 137 g/mol. The van der Waals surface area contributed by atoms with E-state index in [1.165, 1.54) is 19.3 Å². The summed E-state index contributed by atoms with van der Waals surface area (Å²) >= 11 is 0. The molecule has 0 atom stereocenters. The van der Waals surface area contributed by atoms with E-state index >= 15 is 0 Å². The van der Waals surface area contributed by atoms with Crippen molar-refractivity contribution in [2.24, 2.45) is 11.7 Å². The van der Waals surface area contributed by atoms with Crippen molar-refractivity contribution >= 4 is 0 Å². The molecule has 0 aliphatic heterocycles. The fourth-order valence-corrected chi connectivity index (χ4v) is 0.846. The Balaban J connectivity index is 2.14. The van der Waals surface area contributed by atoms with Gasteiger partial charge in [-0.3, -0.25) is 0 Å². The van der Waals surface area contributed by atoms with Crippen molar-refractivity contribution < 1.29 is 0 Å². The third kappa shape index (κ3) is 2.72. The van der Waals surface area contributed by atoms with Crippen LogP contribution in [0.4, 0.5) is 0 Å². The molecule has 0 spiro atoms. The lowest BCUT2D eigenvalue weighted by Crippen LogP contribution is -1.90. The van der Waals surface area contributed by atoms with E-state index in [2.05, 4.69) is 6.08 Å². The minimum Gasteiger partial charge on any atom is -0.399 e. The van der Waals surface area contributed by atoms with E-state index in [0.717, 1.165) is 11.6 Å². The van der Waals surface area contributed by atoms with Crippen molar-refractivity contribution in [3.05, 3.63) is 23.9 Å². The maximum absolute atomic E-state index is 5.55. The molecule has 56 valence electrons. The lowest BCUT2D eigenvalue weighted by atomic mass is 10.2. The fourth-order valence-electron chi connectivity index (χ4n) is 0.846. The summed E-state index contributed by atoms with van der Waals surface area (Å²) in [7, 11) is 0. The number of rotatable bonds is 3. The van der Waals surface area contributed by atoms with Gasteiger partial charge in [0, 0.05) is 5.70 Å². The highest BCUT2D eigenvalue weighted by Crippen LogP contribution is 2.32. The van der Waals surface area contributed by atoms with Crippen LogP contribution in [0.2, 0.25) is 0 Å². The van der Waals surface area contributed by atoms with Crippen LogP contribution in [-0.4, -0.2) is 0 Å². The van der Waals surface area contributed by atoms with Crippen LogP contribution in [0.1, 0.15) is 26.2 Å². The first-order chi connectivity index (χ1) is 4.83. The number of nitrogens with two attached hydrogens (primary N) is 1. The SMILES string of the molecule is C/C=C(N)\C=C/CC1CC1. The van der Waals surface area contributed by atoms with Gasteiger partial charge in [-0.1, -0.05) is 12.2 Å². The van der Waals surface area contributed by atoms with Crippen LogP contribution in [0.25, 0.3) is 0 Å². The van der Waals surface area contributed by atoms with Gasteiger partial charge in [0.25, 0.3) is 0 Å². The Hall–Kier alpha value is -0.720. The Morgan fingerprint density at radius 2 is 2.30 bits per heavy atom. The molecule has 0 heterocycles. The highest BCUT2D eigenvalue weighted by molar-refractivity contribution is 5.13. The molecule has 0 amide bonds. The Kier molecular flexibility index (Phi) is 2.55. The highest BCUT2D eigenvalue weighted by Gasteiger charge is 2.18. The lowest BCUT2D eigenvalue weighted by Gasteiger charge is -1.88. The normalized spacial score (nSPS) is 20.3. The van der Waals surface area contributed by atoms with Gasteiger partial charge in [0.1, 0.15) is 0 Å². The van der Waals surface area contributed by atoms with Crippen LogP contribution in [0.3, 0.4) is 0 Å². The summed E-state index contributed by atoms with van der Waals surface area (Å²) in [5, 5.41) is 0. The van der Waals surface area contributed by atoms with Crippen molar-refractivity contribution in [1.29, 1.82) is 0 Å². The molecule has 1 saturated carbocycles. The van der Waals surface area contributed by atoms with Gasteiger partial charge in [0.05, 0.1) is 0 Å². The maximum atomic E-state index is 5.55. The second kappa shape index (κ2) is 3.45. The molecule has 1 fully saturated rings. The third-order valence-electron chi connectivity index (χ3n) is 1.81. The van der Waals surface area contributed by atoms with Crippen LogP contribution in [0.15, 0.2) is 23.9 Å². The quantitative estimate of drug-likeness (QED) is 0.593. The molecule has 0 radical (unpaired) electrons. The average molecular weight is 137 g/mol. The maximum Gasteiger partial charge on any atom is 0.0267 e. The molecule has 1 rings (SSSR count). The predicted molar refractivity (Wildman–Crippen MR) is 44.4 cm³/mol. The largest absolute Gasteiger partial charge is 0.399 e. The van der Waals surface area contributed by atoms with E-state index < -0.39 is 0 Å². The van der Waals surface area contributed by atoms with E-state index in [4.69, 9.17) is 5.73 Å². The smallest absolute Gasteiger partial charge is 0.0267 e. The summed E-state index contributed by atoms with van der Waals surface area (Å²) in [5.41, 5.74) is 6.43. The number of hydrogen-bond donors (Lipinski definition) is 1. The minimum atomic E-state index is 0.876. The summed E-state index contributed by atoms with van der Waals surface area (Å²) < 4.78 is 0. The van der Waals surface area contributed by atoms with Crippen LogP contribution in [0, 0.1) is 5.92 Å². The van der Waals surface area contributed by atoms with Gasteiger partial charge in [-0.15, -0.1) is 0 Å². The summed E-state index contributed by atoms with van der Waals surface area (Å²) in [6, 6.07) is 0. The molecule has 0 unspecified atom stereocenters. The molecular formula is C9H15N. The summed E-state index contributed by atoms with van der Waals surface area (Å²) in [6.45, 7) is 1.96. The molecule has 0 aromatic rings. The molecule has 2 N–H and O–H groups in total. The molecule has 1 aliphatic rings. The Labute approximate surface area is 62.6 Å². The first-order valence-corrected chi connectivity index (χ1v) is 3.91. The molecule has 0 aromatic heterocycles. The van der Waals surface area contributed by atoms with Gasteiger partial charge >= 0.3 is 0 Å². The van der Waals surface area contributed by atoms with Crippen LogP contribution in [0.5, 0.6) is 0 Å². The van der Waals surface area contributed by atoms with Gasteiger partial charge < -0.3 is 5.73 Å². The van der Waals surface area contributed by atoms with E-state index in [0.29, 0.717) is 0 Å². The van der Waals surface area contributed by atoms with Gasteiger partial charge in [-0.2, -0.15) is 0 Å². The van der Waals surface area contributed by atoms with Gasteiger partial charge in [-0.25, -0.2) is 0 Å². The van der Waals surface area contributed by atoms with Crippen LogP contribution in [-0.2, 0) is 0 Å². The summed E-state index contributed by atoms with van der Waals surface area (Å²) in [6.07, 6.45) is 10.1. The van der Waals surface area contributed by atoms with E-state index in [-0.39, 0.29) is 0 Å². The predicted octanol–water partition coefficient (Wildman–Crippen LogP) is 2.21. The van der Waals surface area contributed by atoms with E-state index in [1.807, 2.05) is 19.1 Å². The number of allylic oxidation sites excluding steroid dienone is 3. The summed E-state index contributed by atoms with van der Waals surface area (Å²) in [5.74, 6) is 0.973. The van der Waals surface area contributed by atoms with Crippen molar-refractivity contribution in [3.63, 3.8) is 0 Å². The molecular weight excluding hydrogens is 122 g/mol. The molecule has 1 aliphatic carbocycles. The van der Waals surface area contributed by atoms with Crippen molar-refractivity contribution in [2.75, 3.05) is 0 Å². The fraction of sp³-hybridized carbons (Fsp3) is 0.556. The second-order valence-electron chi connectivity index (χ2n) is 2.87. The zero-order valence-corrected chi connectivity index (χ0v) is 6.51. The zero-order valence-electron chi connectivity index (χ0n) is 6.51. The third-order valence-corrected chi connectivity index (χ3v) is 1.81. The van der Waals surface area contributed by atoms with Crippen LogP contribution >= 0.6 is 0 Å². The molecule has 0 aromatic carbocycles. The average Bonchev–Trinajstić information content (AvgIpc) is 2.71. The number of hydrogen-bond acceptors (Lipinski definition) is 1. The first-order valence-electron chi connectivity index (χ1n) is 3.91. The van der Waals surface area contributed by atoms with Crippen molar-refractivity contribution in [3.8, 4) is 0 Å². The minimum absolute atomic E-state index is 0.876. The van der Waals surface area contributed by atoms with Crippen LogP contribution < -0.4 is 5.73 Å². The first kappa shape index (κ1) is 7.39. The molecule has 1 heteroatoms. The van der Waals surface area contributed by atoms with Gasteiger partial charge in [0.15, 0.2) is 0 Å². The topological polar surface area (TPSA) is 26.0 Å². The molecule has 0 bridgehead atoms. The Morgan fingerprint density at radius 1 is 1.60 bits per heavy atom. The highest BCUT2D eigenvalue weighted by atomic mass is 14.5. The molecule has 0 saturated heterocycles. The molecule has 10 heavy (non-hydrogen) atoms. The Morgan fingerprint density at radius 3 is 2.80 bits per heavy atom. The van der Waals surface area contributed by atoms with E-state index in [1.54, 1.807) is 0 Å². The molecule has 1 nitrogen and oxygen atoms in total. The standard InChI is InChI=1S/C9H15N/c1-2-9(10)5-3-4-8-6-7-8/h2-3,5,8H,4,6-7,10H2,1H3/b5-3-,9-2+.